The number of aliphatic hydroxyl groups excluding tert-OH is 1. The SMILES string of the molecule is OC1COCC1NCc1ccc(Cl)c(Cl)c1. The van der Waals surface area contributed by atoms with Crippen LogP contribution in [0.2, 0.25) is 10.0 Å². The van der Waals surface area contributed by atoms with Crippen molar-refractivity contribution in [2.45, 2.75) is 18.7 Å². The number of hydrogen-bond donors (Lipinski definition) is 2. The van der Waals surface area contributed by atoms with Crippen LogP contribution in [0.25, 0.3) is 0 Å². The lowest BCUT2D eigenvalue weighted by molar-refractivity contribution is 0.122. The molecule has 0 aromatic heterocycles. The lowest BCUT2D eigenvalue weighted by Gasteiger charge is -2.14. The van der Waals surface area contributed by atoms with Crippen molar-refractivity contribution >= 4 is 23.2 Å². The summed E-state index contributed by atoms with van der Waals surface area (Å²) in [4.78, 5) is 0. The molecular formula is C11H13Cl2NO2. The zero-order chi connectivity index (χ0) is 11.5. The number of nitrogens with one attached hydrogen (secondary N) is 1. The van der Waals surface area contributed by atoms with Gasteiger partial charge in [-0.2, -0.15) is 0 Å². The second kappa shape index (κ2) is 5.34. The van der Waals surface area contributed by atoms with Gasteiger partial charge in [-0.15, -0.1) is 0 Å². The maximum Gasteiger partial charge on any atom is 0.0948 e. The van der Waals surface area contributed by atoms with E-state index in [1.165, 1.54) is 0 Å². The van der Waals surface area contributed by atoms with Gasteiger partial charge in [0.2, 0.25) is 0 Å². The van der Waals surface area contributed by atoms with Crippen molar-refractivity contribution in [3.63, 3.8) is 0 Å². The molecule has 1 aromatic carbocycles. The summed E-state index contributed by atoms with van der Waals surface area (Å²) in [6.45, 7) is 1.59. The van der Waals surface area contributed by atoms with E-state index in [4.69, 9.17) is 27.9 Å². The van der Waals surface area contributed by atoms with Gasteiger partial charge in [0.25, 0.3) is 0 Å². The molecule has 2 unspecified atom stereocenters. The predicted octanol–water partition coefficient (Wildman–Crippen LogP) is 1.84. The van der Waals surface area contributed by atoms with Crippen LogP contribution in [0.15, 0.2) is 18.2 Å². The van der Waals surface area contributed by atoms with Crippen LogP contribution in [-0.2, 0) is 11.3 Å². The molecule has 0 radical (unpaired) electrons. The summed E-state index contributed by atoms with van der Waals surface area (Å²) in [7, 11) is 0. The van der Waals surface area contributed by atoms with Crippen LogP contribution in [0, 0.1) is 0 Å². The minimum Gasteiger partial charge on any atom is -0.389 e. The Hall–Kier alpha value is -0.320. The van der Waals surface area contributed by atoms with Gasteiger partial charge in [-0.25, -0.2) is 0 Å². The molecule has 0 spiro atoms. The number of benzene rings is 1. The minimum absolute atomic E-state index is 0.00514. The molecule has 2 atom stereocenters. The molecule has 3 nitrogen and oxygen atoms in total. The second-order valence-electron chi connectivity index (χ2n) is 3.84. The normalized spacial score (nSPS) is 24.9. The summed E-state index contributed by atoms with van der Waals surface area (Å²) in [6, 6.07) is 5.49. The molecule has 1 fully saturated rings. The third-order valence-electron chi connectivity index (χ3n) is 2.60. The average molecular weight is 262 g/mol. The molecule has 16 heavy (non-hydrogen) atoms. The summed E-state index contributed by atoms with van der Waals surface area (Å²) in [5, 5.41) is 13.8. The molecule has 0 aliphatic carbocycles. The summed E-state index contributed by atoms with van der Waals surface area (Å²) < 4.78 is 5.14. The van der Waals surface area contributed by atoms with E-state index < -0.39 is 6.10 Å². The Morgan fingerprint density at radius 1 is 1.31 bits per heavy atom. The Labute approximate surface area is 104 Å². The Morgan fingerprint density at radius 3 is 2.75 bits per heavy atom. The Bertz CT molecular complexity index is 373. The molecule has 2 N–H and O–H groups in total. The van der Waals surface area contributed by atoms with Crippen molar-refractivity contribution in [3.8, 4) is 0 Å². The van der Waals surface area contributed by atoms with E-state index >= 15 is 0 Å². The first-order valence-electron chi connectivity index (χ1n) is 5.10. The topological polar surface area (TPSA) is 41.5 Å². The van der Waals surface area contributed by atoms with Gasteiger partial charge in [-0.3, -0.25) is 0 Å². The molecule has 0 bridgehead atoms. The van der Waals surface area contributed by atoms with Crippen molar-refractivity contribution < 1.29 is 9.84 Å². The van der Waals surface area contributed by atoms with E-state index in [1.807, 2.05) is 12.1 Å². The largest absolute Gasteiger partial charge is 0.389 e. The average Bonchev–Trinajstić information content (AvgIpc) is 2.66. The molecule has 1 aliphatic rings. The lowest BCUT2D eigenvalue weighted by Crippen LogP contribution is -2.38. The highest BCUT2D eigenvalue weighted by Crippen LogP contribution is 2.22. The van der Waals surface area contributed by atoms with Crippen molar-refractivity contribution in [2.75, 3.05) is 13.2 Å². The number of aliphatic hydroxyl groups is 1. The van der Waals surface area contributed by atoms with E-state index in [1.54, 1.807) is 6.07 Å². The minimum atomic E-state index is -0.428. The molecule has 88 valence electrons. The van der Waals surface area contributed by atoms with Crippen LogP contribution in [-0.4, -0.2) is 30.5 Å². The number of rotatable bonds is 3. The quantitative estimate of drug-likeness (QED) is 0.873. The molecule has 2 rings (SSSR count). The van der Waals surface area contributed by atoms with E-state index in [0.29, 0.717) is 29.8 Å². The first-order chi connectivity index (χ1) is 7.66. The molecule has 1 aromatic rings. The fraction of sp³-hybridized carbons (Fsp3) is 0.455. The Kier molecular flexibility index (Phi) is 4.05. The molecular weight excluding hydrogens is 249 g/mol. The van der Waals surface area contributed by atoms with E-state index in [-0.39, 0.29) is 6.04 Å². The second-order valence-corrected chi connectivity index (χ2v) is 4.66. The van der Waals surface area contributed by atoms with E-state index in [9.17, 15) is 5.11 Å². The first kappa shape index (κ1) is 12.1. The highest BCUT2D eigenvalue weighted by molar-refractivity contribution is 6.42. The predicted molar refractivity (Wildman–Crippen MR) is 63.9 cm³/mol. The van der Waals surface area contributed by atoms with Crippen molar-refractivity contribution in [3.05, 3.63) is 33.8 Å². The lowest BCUT2D eigenvalue weighted by atomic mass is 10.2. The van der Waals surface area contributed by atoms with Gasteiger partial charge in [0.1, 0.15) is 0 Å². The Balaban J connectivity index is 1.91. The van der Waals surface area contributed by atoms with E-state index in [0.717, 1.165) is 5.56 Å². The number of halogens is 2. The third kappa shape index (κ3) is 2.87. The van der Waals surface area contributed by atoms with Gasteiger partial charge in [0.15, 0.2) is 0 Å². The van der Waals surface area contributed by atoms with Crippen LogP contribution < -0.4 is 5.32 Å². The molecule has 0 saturated carbocycles. The zero-order valence-corrected chi connectivity index (χ0v) is 10.1. The van der Waals surface area contributed by atoms with Crippen LogP contribution in [0.1, 0.15) is 5.56 Å². The monoisotopic (exact) mass is 261 g/mol. The number of hydrogen-bond acceptors (Lipinski definition) is 3. The smallest absolute Gasteiger partial charge is 0.0948 e. The maximum atomic E-state index is 9.53. The fourth-order valence-electron chi connectivity index (χ4n) is 1.64. The highest BCUT2D eigenvalue weighted by Gasteiger charge is 2.25. The standard InChI is InChI=1S/C11H13Cl2NO2/c12-8-2-1-7(3-9(8)13)4-14-10-5-16-6-11(10)15/h1-3,10-11,14-15H,4-6H2. The van der Waals surface area contributed by atoms with Gasteiger partial charge < -0.3 is 15.2 Å². The third-order valence-corrected chi connectivity index (χ3v) is 3.34. The summed E-state index contributed by atoms with van der Waals surface area (Å²) in [6.07, 6.45) is -0.428. The van der Waals surface area contributed by atoms with Gasteiger partial charge in [-0.05, 0) is 17.7 Å². The van der Waals surface area contributed by atoms with Crippen LogP contribution in [0.3, 0.4) is 0 Å². The van der Waals surface area contributed by atoms with Gasteiger partial charge in [0.05, 0.1) is 35.4 Å². The fourth-order valence-corrected chi connectivity index (χ4v) is 1.96. The first-order valence-corrected chi connectivity index (χ1v) is 5.85. The van der Waals surface area contributed by atoms with Gasteiger partial charge in [0, 0.05) is 6.54 Å². The van der Waals surface area contributed by atoms with Crippen LogP contribution in [0.4, 0.5) is 0 Å². The van der Waals surface area contributed by atoms with Crippen molar-refractivity contribution in [1.82, 2.24) is 5.32 Å². The van der Waals surface area contributed by atoms with Crippen LogP contribution >= 0.6 is 23.2 Å². The molecule has 1 saturated heterocycles. The van der Waals surface area contributed by atoms with Gasteiger partial charge in [-0.1, -0.05) is 29.3 Å². The summed E-state index contributed by atoms with van der Waals surface area (Å²) in [5.74, 6) is 0. The van der Waals surface area contributed by atoms with E-state index in [2.05, 4.69) is 5.32 Å². The maximum absolute atomic E-state index is 9.53. The van der Waals surface area contributed by atoms with Crippen molar-refractivity contribution in [1.29, 1.82) is 0 Å². The summed E-state index contributed by atoms with van der Waals surface area (Å²) >= 11 is 11.7. The zero-order valence-electron chi connectivity index (χ0n) is 8.62. The van der Waals surface area contributed by atoms with Crippen molar-refractivity contribution in [2.24, 2.45) is 0 Å². The molecule has 0 amide bonds. The highest BCUT2D eigenvalue weighted by atomic mass is 35.5. The van der Waals surface area contributed by atoms with Gasteiger partial charge >= 0.3 is 0 Å². The molecule has 1 aliphatic heterocycles. The molecule has 1 heterocycles. The van der Waals surface area contributed by atoms with Crippen LogP contribution in [0.5, 0.6) is 0 Å². The molecule has 5 heteroatoms. The number of ether oxygens (including phenoxy) is 1. The Morgan fingerprint density at radius 2 is 2.12 bits per heavy atom. The summed E-state index contributed by atoms with van der Waals surface area (Å²) in [5.41, 5.74) is 1.04.